The molecule has 0 nitrogen and oxygen atoms in total. The van der Waals surface area contributed by atoms with Crippen molar-refractivity contribution in [1.29, 1.82) is 0 Å². The van der Waals surface area contributed by atoms with E-state index in [1.54, 1.807) is 5.57 Å². The largest absolute Gasteiger partial charge is 0.0805 e. The van der Waals surface area contributed by atoms with E-state index >= 15 is 0 Å². The summed E-state index contributed by atoms with van der Waals surface area (Å²) in [5, 5.41) is 0. The lowest BCUT2D eigenvalue weighted by Crippen LogP contribution is -1.73. The number of hydrogen-bond acceptors (Lipinski definition) is 0. The highest BCUT2D eigenvalue weighted by Crippen LogP contribution is 2.12. The average molecular weight is 260 g/mol. The van der Waals surface area contributed by atoms with Gasteiger partial charge in [-0.15, -0.1) is 0 Å². The molecule has 19 heavy (non-hydrogen) atoms. The zero-order valence-electron chi connectivity index (χ0n) is 13.7. The third-order valence-corrected chi connectivity index (χ3v) is 2.55. The normalized spacial score (nSPS) is 10.9. The maximum absolute atomic E-state index is 2.19. The van der Waals surface area contributed by atoms with E-state index in [4.69, 9.17) is 0 Å². The molecule has 0 unspecified atom stereocenters. The number of allylic oxidation sites excluding steroid dienone is 4. The molecule has 0 spiro atoms. The Morgan fingerprint density at radius 3 is 1.68 bits per heavy atom. The van der Waals surface area contributed by atoms with Crippen molar-refractivity contribution in [2.75, 3.05) is 0 Å². The average Bonchev–Trinajstić information content (AvgIpc) is 3.06. The molecule has 0 saturated carbocycles. The van der Waals surface area contributed by atoms with Crippen molar-refractivity contribution in [2.24, 2.45) is 0 Å². The van der Waals surface area contributed by atoms with Crippen LogP contribution in [0.25, 0.3) is 0 Å². The van der Waals surface area contributed by atoms with E-state index < -0.39 is 0 Å². The number of aryl methyl sites for hydroxylation is 1. The van der Waals surface area contributed by atoms with E-state index in [0.717, 1.165) is 6.42 Å². The zero-order valence-corrected chi connectivity index (χ0v) is 13.7. The van der Waals surface area contributed by atoms with Gasteiger partial charge in [-0.25, -0.2) is 0 Å². The molecule has 1 aliphatic rings. The van der Waals surface area contributed by atoms with E-state index in [1.807, 2.05) is 33.8 Å². The molecule has 108 valence electrons. The first-order valence-corrected chi connectivity index (χ1v) is 7.75. The summed E-state index contributed by atoms with van der Waals surface area (Å²) in [5.41, 5.74) is 2.97. The van der Waals surface area contributed by atoms with Crippen LogP contribution >= 0.6 is 0 Å². The van der Waals surface area contributed by atoms with E-state index in [2.05, 4.69) is 56.3 Å². The van der Waals surface area contributed by atoms with Crippen LogP contribution < -0.4 is 0 Å². The third kappa shape index (κ3) is 11.5. The molecule has 0 fully saturated rings. The fourth-order valence-corrected chi connectivity index (χ4v) is 1.47. The topological polar surface area (TPSA) is 0 Å². The van der Waals surface area contributed by atoms with Crippen molar-refractivity contribution in [3.8, 4) is 0 Å². The minimum atomic E-state index is 1.14. The molecule has 0 N–H and O–H groups in total. The Morgan fingerprint density at radius 1 is 0.842 bits per heavy atom. The fraction of sp³-hybridized carbons (Fsp3) is 0.474. The zero-order chi connectivity index (χ0) is 14.9. The summed E-state index contributed by atoms with van der Waals surface area (Å²) in [5.74, 6) is 0. The van der Waals surface area contributed by atoms with E-state index in [0.29, 0.717) is 0 Å². The van der Waals surface area contributed by atoms with Gasteiger partial charge in [0.2, 0.25) is 0 Å². The molecular weight excluding hydrogens is 228 g/mol. The Morgan fingerprint density at radius 2 is 1.42 bits per heavy atom. The molecule has 0 radical (unpaired) electrons. The minimum Gasteiger partial charge on any atom is -0.0805 e. The predicted molar refractivity (Wildman–Crippen MR) is 90.6 cm³/mol. The van der Waals surface area contributed by atoms with E-state index in [9.17, 15) is 0 Å². The van der Waals surface area contributed by atoms with Crippen molar-refractivity contribution >= 4 is 0 Å². The summed E-state index contributed by atoms with van der Waals surface area (Å²) >= 11 is 0. The Kier molecular flexibility index (Phi) is 17.6. The maximum atomic E-state index is 2.19. The third-order valence-electron chi connectivity index (χ3n) is 2.55. The Balaban J connectivity index is 0. The second kappa shape index (κ2) is 16.7. The van der Waals surface area contributed by atoms with Gasteiger partial charge >= 0.3 is 0 Å². The van der Waals surface area contributed by atoms with Crippen LogP contribution in [0, 0.1) is 0 Å². The number of hydrogen-bond donors (Lipinski definition) is 0. The van der Waals surface area contributed by atoms with Crippen molar-refractivity contribution in [2.45, 2.75) is 60.8 Å². The van der Waals surface area contributed by atoms with Gasteiger partial charge in [0.1, 0.15) is 0 Å². The quantitative estimate of drug-likeness (QED) is 0.563. The van der Waals surface area contributed by atoms with Gasteiger partial charge in [0.05, 0.1) is 0 Å². The Bertz CT molecular complexity index is 317. The van der Waals surface area contributed by atoms with Crippen molar-refractivity contribution in [3.63, 3.8) is 0 Å². The maximum Gasteiger partial charge on any atom is -0.0133 e. The SMILES string of the molecule is CC.CC.CCC1=CC=CC1.CCc1ccccc1. The molecular formula is C19H32. The van der Waals surface area contributed by atoms with Crippen LogP contribution in [0.15, 0.2) is 54.1 Å². The summed E-state index contributed by atoms with van der Waals surface area (Å²) in [6, 6.07) is 10.5. The van der Waals surface area contributed by atoms with Gasteiger partial charge in [0.25, 0.3) is 0 Å². The molecule has 0 heteroatoms. The lowest BCUT2D eigenvalue weighted by molar-refractivity contribution is 1.05. The minimum absolute atomic E-state index is 1.14. The fourth-order valence-electron chi connectivity index (χ4n) is 1.47. The second-order valence-corrected chi connectivity index (χ2v) is 3.65. The molecule has 0 saturated heterocycles. The highest BCUT2D eigenvalue weighted by atomic mass is 14.0. The molecule has 1 aliphatic carbocycles. The lowest BCUT2D eigenvalue weighted by atomic mass is 10.2. The van der Waals surface area contributed by atoms with Crippen molar-refractivity contribution < 1.29 is 0 Å². The highest BCUT2D eigenvalue weighted by molar-refractivity contribution is 5.22. The lowest BCUT2D eigenvalue weighted by Gasteiger charge is -1.89. The van der Waals surface area contributed by atoms with Gasteiger partial charge in [0.15, 0.2) is 0 Å². The number of benzene rings is 1. The molecule has 2 rings (SSSR count). The van der Waals surface area contributed by atoms with Crippen molar-refractivity contribution in [3.05, 3.63) is 59.7 Å². The van der Waals surface area contributed by atoms with Crippen molar-refractivity contribution in [1.82, 2.24) is 0 Å². The van der Waals surface area contributed by atoms with Crippen LogP contribution in [0.1, 0.15) is 59.9 Å². The van der Waals surface area contributed by atoms with Crippen LogP contribution in [0.4, 0.5) is 0 Å². The molecule has 0 bridgehead atoms. The molecule has 0 aliphatic heterocycles. The van der Waals surface area contributed by atoms with E-state index in [-0.39, 0.29) is 0 Å². The predicted octanol–water partition coefficient (Wildman–Crippen LogP) is 6.58. The summed E-state index contributed by atoms with van der Waals surface area (Å²) in [4.78, 5) is 0. The van der Waals surface area contributed by atoms with Crippen LogP contribution in [0.5, 0.6) is 0 Å². The summed E-state index contributed by atoms with van der Waals surface area (Å²) < 4.78 is 0. The summed E-state index contributed by atoms with van der Waals surface area (Å²) in [6.07, 6.45) is 10.1. The van der Waals surface area contributed by atoms with Crippen LogP contribution in [0.3, 0.4) is 0 Å². The standard InChI is InChI=1S/C8H10.C7H10.2C2H6/c1-2-8-6-4-3-5-7-8;1-2-7-5-3-4-6-7;2*1-2/h3-7H,2H2,1H3;3-5H,2,6H2,1H3;2*1-2H3. The summed E-state index contributed by atoms with van der Waals surface area (Å²) in [7, 11) is 0. The van der Waals surface area contributed by atoms with Gasteiger partial charge in [-0.05, 0) is 24.8 Å². The first-order valence-electron chi connectivity index (χ1n) is 7.75. The van der Waals surface area contributed by atoms with Gasteiger partial charge < -0.3 is 0 Å². The second-order valence-electron chi connectivity index (χ2n) is 3.65. The first kappa shape index (κ1) is 20.0. The molecule has 0 heterocycles. The summed E-state index contributed by atoms with van der Waals surface area (Å²) in [6.45, 7) is 12.4. The first-order chi connectivity index (χ1) is 9.36. The smallest absolute Gasteiger partial charge is 0.0133 e. The number of rotatable bonds is 2. The Labute approximate surface area is 121 Å². The molecule has 0 atom stereocenters. The molecule has 1 aromatic carbocycles. The Hall–Kier alpha value is -1.30. The van der Waals surface area contributed by atoms with Crippen LogP contribution in [-0.4, -0.2) is 0 Å². The van der Waals surface area contributed by atoms with Gasteiger partial charge in [0, 0.05) is 0 Å². The molecule has 0 aromatic heterocycles. The highest BCUT2D eigenvalue weighted by Gasteiger charge is 1.91. The van der Waals surface area contributed by atoms with Gasteiger partial charge in [-0.1, -0.05) is 95.7 Å². The monoisotopic (exact) mass is 260 g/mol. The van der Waals surface area contributed by atoms with Gasteiger partial charge in [-0.3, -0.25) is 0 Å². The van der Waals surface area contributed by atoms with Crippen LogP contribution in [0.2, 0.25) is 0 Å². The van der Waals surface area contributed by atoms with E-state index in [1.165, 1.54) is 18.4 Å². The van der Waals surface area contributed by atoms with Crippen LogP contribution in [-0.2, 0) is 6.42 Å². The van der Waals surface area contributed by atoms with Gasteiger partial charge in [-0.2, -0.15) is 0 Å². The molecule has 0 amide bonds. The molecule has 1 aromatic rings.